The molecule has 0 fully saturated rings. The molecule has 0 unspecified atom stereocenters. The van der Waals surface area contributed by atoms with Gasteiger partial charge in [0.2, 0.25) is 5.95 Å². The molecule has 1 amide bonds. The van der Waals surface area contributed by atoms with Crippen molar-refractivity contribution in [2.24, 2.45) is 0 Å². The highest BCUT2D eigenvalue weighted by molar-refractivity contribution is 5.92. The van der Waals surface area contributed by atoms with Crippen LogP contribution in [0.4, 0.5) is 5.95 Å². The van der Waals surface area contributed by atoms with Gasteiger partial charge in [0.15, 0.2) is 0 Å². The first-order chi connectivity index (χ1) is 14.2. The van der Waals surface area contributed by atoms with Crippen molar-refractivity contribution in [2.45, 2.75) is 13.0 Å². The predicted octanol–water partition coefficient (Wildman–Crippen LogP) is 3.08. The molecule has 0 aliphatic rings. The van der Waals surface area contributed by atoms with Crippen LogP contribution in [-0.2, 0) is 13.0 Å². The highest BCUT2D eigenvalue weighted by Gasteiger charge is 2.09. The normalized spacial score (nSPS) is 10.3. The maximum absolute atomic E-state index is 12.4. The summed E-state index contributed by atoms with van der Waals surface area (Å²) in [5, 5.41) is 6.02. The van der Waals surface area contributed by atoms with E-state index in [2.05, 4.69) is 20.6 Å². The lowest BCUT2D eigenvalue weighted by Crippen LogP contribution is -2.27. The van der Waals surface area contributed by atoms with Crippen LogP contribution in [0.25, 0.3) is 0 Å². The molecule has 3 rings (SSSR count). The van der Waals surface area contributed by atoms with Crippen LogP contribution in [-0.4, -0.2) is 36.6 Å². The maximum atomic E-state index is 12.4. The molecule has 0 atom stereocenters. The van der Waals surface area contributed by atoms with Crippen LogP contribution in [0.1, 0.15) is 21.6 Å². The number of nitrogens with one attached hydrogen (secondary N) is 2. The lowest BCUT2D eigenvalue weighted by atomic mass is 10.1. The Kier molecular flexibility index (Phi) is 7.00. The van der Waals surface area contributed by atoms with Gasteiger partial charge in [0.05, 0.1) is 14.2 Å². The van der Waals surface area contributed by atoms with E-state index in [4.69, 9.17) is 9.47 Å². The molecular formula is C22H24N4O3. The molecule has 0 aliphatic heterocycles. The molecule has 2 N–H and O–H groups in total. The highest BCUT2D eigenvalue weighted by Crippen LogP contribution is 2.17. The van der Waals surface area contributed by atoms with E-state index in [9.17, 15) is 4.79 Å². The van der Waals surface area contributed by atoms with Crippen molar-refractivity contribution in [1.29, 1.82) is 0 Å². The number of para-hydroxylation sites is 1. The molecule has 29 heavy (non-hydrogen) atoms. The number of nitrogens with zero attached hydrogens (tertiary/aromatic N) is 2. The Labute approximate surface area is 170 Å². The zero-order valence-electron chi connectivity index (χ0n) is 16.5. The lowest BCUT2D eigenvalue weighted by molar-refractivity contribution is 0.0949. The number of amides is 1. The zero-order chi connectivity index (χ0) is 20.5. The summed E-state index contributed by atoms with van der Waals surface area (Å²) in [7, 11) is 3.27. The van der Waals surface area contributed by atoms with Crippen LogP contribution in [0.3, 0.4) is 0 Å². The summed E-state index contributed by atoms with van der Waals surface area (Å²) >= 11 is 0. The molecule has 0 saturated carbocycles. The Morgan fingerprint density at radius 2 is 1.79 bits per heavy atom. The molecule has 7 heteroatoms. The van der Waals surface area contributed by atoms with E-state index in [-0.39, 0.29) is 5.91 Å². The van der Waals surface area contributed by atoms with Gasteiger partial charge in [-0.3, -0.25) is 4.79 Å². The van der Waals surface area contributed by atoms with E-state index in [1.807, 2.05) is 48.5 Å². The van der Waals surface area contributed by atoms with Gasteiger partial charge in [0.25, 0.3) is 5.91 Å². The first kappa shape index (κ1) is 20.1. The van der Waals surface area contributed by atoms with Crippen molar-refractivity contribution >= 4 is 11.9 Å². The second-order valence-corrected chi connectivity index (χ2v) is 6.28. The van der Waals surface area contributed by atoms with Crippen molar-refractivity contribution in [3.8, 4) is 11.5 Å². The standard InChI is InChI=1S/C22H24N4O3/c1-28-18-9-7-16(8-10-18)15-25-22-24-14-12-19(26-22)21(27)23-13-11-17-5-3-4-6-20(17)29-2/h3-10,12,14H,11,13,15H2,1-2H3,(H,23,27)(H,24,25,26). The third kappa shape index (κ3) is 5.68. The molecule has 0 aliphatic carbocycles. The monoisotopic (exact) mass is 392 g/mol. The predicted molar refractivity (Wildman–Crippen MR) is 111 cm³/mol. The molecule has 0 radical (unpaired) electrons. The lowest BCUT2D eigenvalue weighted by Gasteiger charge is -2.10. The SMILES string of the molecule is COc1ccc(CNc2nccc(C(=O)NCCc3ccccc3OC)n2)cc1. The van der Waals surface area contributed by atoms with Gasteiger partial charge < -0.3 is 20.1 Å². The molecule has 3 aromatic rings. The second kappa shape index (κ2) is 10.1. The number of anilines is 1. The number of rotatable bonds is 9. The molecule has 150 valence electrons. The van der Waals surface area contributed by atoms with Gasteiger partial charge in [0, 0.05) is 19.3 Å². The van der Waals surface area contributed by atoms with E-state index in [0.717, 1.165) is 22.6 Å². The Bertz CT molecular complexity index is 945. The van der Waals surface area contributed by atoms with Gasteiger partial charge in [-0.05, 0) is 41.8 Å². The summed E-state index contributed by atoms with van der Waals surface area (Å²) in [5.41, 5.74) is 2.41. The van der Waals surface area contributed by atoms with Crippen LogP contribution in [0.5, 0.6) is 11.5 Å². The van der Waals surface area contributed by atoms with Gasteiger partial charge in [-0.25, -0.2) is 9.97 Å². The first-order valence-corrected chi connectivity index (χ1v) is 9.29. The second-order valence-electron chi connectivity index (χ2n) is 6.28. The number of hydrogen-bond acceptors (Lipinski definition) is 6. The summed E-state index contributed by atoms with van der Waals surface area (Å²) < 4.78 is 10.5. The Morgan fingerprint density at radius 1 is 1.00 bits per heavy atom. The third-order valence-electron chi connectivity index (χ3n) is 4.37. The summed E-state index contributed by atoms with van der Waals surface area (Å²) in [6.45, 7) is 1.03. The smallest absolute Gasteiger partial charge is 0.270 e. The molecule has 1 aromatic heterocycles. The number of carbonyl (C=O) groups excluding carboxylic acids is 1. The van der Waals surface area contributed by atoms with Crippen molar-refractivity contribution < 1.29 is 14.3 Å². The van der Waals surface area contributed by atoms with E-state index in [0.29, 0.717) is 31.2 Å². The van der Waals surface area contributed by atoms with Crippen LogP contribution >= 0.6 is 0 Å². The minimum absolute atomic E-state index is 0.241. The molecule has 0 bridgehead atoms. The summed E-state index contributed by atoms with van der Waals surface area (Å²) in [6.07, 6.45) is 2.24. The quantitative estimate of drug-likeness (QED) is 0.582. The number of hydrogen-bond donors (Lipinski definition) is 2. The fraction of sp³-hybridized carbons (Fsp3) is 0.227. The van der Waals surface area contributed by atoms with Crippen molar-refractivity contribution in [2.75, 3.05) is 26.1 Å². The third-order valence-corrected chi connectivity index (χ3v) is 4.37. The summed E-state index contributed by atoms with van der Waals surface area (Å²) in [4.78, 5) is 20.9. The fourth-order valence-corrected chi connectivity index (χ4v) is 2.81. The average molecular weight is 392 g/mol. The number of benzene rings is 2. The Hall–Kier alpha value is -3.61. The van der Waals surface area contributed by atoms with E-state index in [1.54, 1.807) is 26.5 Å². The van der Waals surface area contributed by atoms with Gasteiger partial charge in [-0.2, -0.15) is 0 Å². The van der Waals surface area contributed by atoms with Gasteiger partial charge in [-0.1, -0.05) is 30.3 Å². The molecule has 7 nitrogen and oxygen atoms in total. The number of aromatic nitrogens is 2. The number of ether oxygens (including phenoxy) is 2. The summed E-state index contributed by atoms with van der Waals surface area (Å²) in [6, 6.07) is 17.1. The fourth-order valence-electron chi connectivity index (χ4n) is 2.81. The van der Waals surface area contributed by atoms with Crippen LogP contribution in [0.15, 0.2) is 60.8 Å². The molecule has 2 aromatic carbocycles. The van der Waals surface area contributed by atoms with Gasteiger partial charge in [0.1, 0.15) is 17.2 Å². The first-order valence-electron chi connectivity index (χ1n) is 9.29. The minimum atomic E-state index is -0.241. The van der Waals surface area contributed by atoms with Crippen molar-refractivity contribution in [3.63, 3.8) is 0 Å². The van der Waals surface area contributed by atoms with E-state index >= 15 is 0 Å². The van der Waals surface area contributed by atoms with E-state index in [1.165, 1.54) is 0 Å². The minimum Gasteiger partial charge on any atom is -0.497 e. The molecular weight excluding hydrogens is 368 g/mol. The van der Waals surface area contributed by atoms with E-state index < -0.39 is 0 Å². The van der Waals surface area contributed by atoms with Gasteiger partial charge in [-0.15, -0.1) is 0 Å². The largest absolute Gasteiger partial charge is 0.497 e. The zero-order valence-corrected chi connectivity index (χ0v) is 16.5. The van der Waals surface area contributed by atoms with Crippen molar-refractivity contribution in [3.05, 3.63) is 77.6 Å². The molecule has 0 saturated heterocycles. The van der Waals surface area contributed by atoms with Crippen molar-refractivity contribution in [1.82, 2.24) is 15.3 Å². The molecule has 0 spiro atoms. The highest BCUT2D eigenvalue weighted by atomic mass is 16.5. The average Bonchev–Trinajstić information content (AvgIpc) is 2.78. The van der Waals surface area contributed by atoms with Gasteiger partial charge >= 0.3 is 0 Å². The maximum Gasteiger partial charge on any atom is 0.270 e. The van der Waals surface area contributed by atoms with Crippen LogP contribution in [0.2, 0.25) is 0 Å². The number of methoxy groups -OCH3 is 2. The Balaban J connectivity index is 1.53. The number of carbonyl (C=O) groups is 1. The van der Waals surface area contributed by atoms with Crippen LogP contribution in [0, 0.1) is 0 Å². The summed E-state index contributed by atoms with van der Waals surface area (Å²) in [5.74, 6) is 1.78. The van der Waals surface area contributed by atoms with Crippen LogP contribution < -0.4 is 20.1 Å². The Morgan fingerprint density at radius 3 is 2.55 bits per heavy atom. The topological polar surface area (TPSA) is 85.4 Å². The molecule has 1 heterocycles.